The van der Waals surface area contributed by atoms with Crippen LogP contribution in [0.4, 0.5) is 11.4 Å². The highest BCUT2D eigenvalue weighted by molar-refractivity contribution is 6.44. The van der Waals surface area contributed by atoms with Crippen LogP contribution in [0.25, 0.3) is 0 Å². The number of nitrogens with one attached hydrogen (secondary N) is 2. The summed E-state index contributed by atoms with van der Waals surface area (Å²) < 4.78 is 0. The summed E-state index contributed by atoms with van der Waals surface area (Å²) in [6.45, 7) is 1.98. The molecule has 2 unspecified atom stereocenters. The van der Waals surface area contributed by atoms with Gasteiger partial charge in [0.25, 0.3) is 0 Å². The molecule has 2 atom stereocenters. The Morgan fingerprint density at radius 2 is 1.58 bits per heavy atom. The lowest BCUT2D eigenvalue weighted by Gasteiger charge is -2.08. The van der Waals surface area contributed by atoms with Crippen molar-refractivity contribution in [2.24, 2.45) is 11.8 Å². The van der Waals surface area contributed by atoms with Crippen LogP contribution >= 0.6 is 23.2 Å². The Morgan fingerprint density at radius 1 is 0.958 bits per heavy atom. The summed E-state index contributed by atoms with van der Waals surface area (Å²) in [5.41, 5.74) is 2.31. The molecule has 6 heteroatoms. The van der Waals surface area contributed by atoms with Crippen LogP contribution in [0.1, 0.15) is 12.0 Å². The van der Waals surface area contributed by atoms with Crippen molar-refractivity contribution in [2.45, 2.75) is 13.3 Å². The third-order valence-electron chi connectivity index (χ3n) is 3.99. The van der Waals surface area contributed by atoms with Crippen LogP contribution in [-0.4, -0.2) is 11.8 Å². The Labute approximate surface area is 150 Å². The Kier molecular flexibility index (Phi) is 4.78. The Balaban J connectivity index is 1.58. The normalized spacial score (nSPS) is 18.8. The molecule has 3 rings (SSSR count). The lowest BCUT2D eigenvalue weighted by atomic mass is 10.2. The molecule has 0 bridgehead atoms. The van der Waals surface area contributed by atoms with Gasteiger partial charge in [0.1, 0.15) is 0 Å². The first-order valence-corrected chi connectivity index (χ1v) is 8.33. The van der Waals surface area contributed by atoms with E-state index in [4.69, 9.17) is 23.2 Å². The van der Waals surface area contributed by atoms with Gasteiger partial charge in [0.2, 0.25) is 11.8 Å². The van der Waals surface area contributed by atoms with Crippen molar-refractivity contribution < 1.29 is 9.59 Å². The van der Waals surface area contributed by atoms with Crippen LogP contribution < -0.4 is 10.6 Å². The molecular formula is C18H16Cl2N2O2. The molecule has 1 fully saturated rings. The maximum atomic E-state index is 12.3. The van der Waals surface area contributed by atoms with E-state index in [1.165, 1.54) is 0 Å². The summed E-state index contributed by atoms with van der Waals surface area (Å²) in [5, 5.41) is 6.24. The number of halogens is 2. The van der Waals surface area contributed by atoms with E-state index in [1.807, 2.05) is 31.2 Å². The van der Waals surface area contributed by atoms with E-state index in [1.54, 1.807) is 18.2 Å². The Bertz CT molecular complexity index is 790. The number of carbonyl (C=O) groups is 2. The Hall–Kier alpha value is -2.04. The van der Waals surface area contributed by atoms with Crippen LogP contribution in [0, 0.1) is 18.8 Å². The molecule has 2 N–H and O–H groups in total. The van der Waals surface area contributed by atoms with Gasteiger partial charge < -0.3 is 10.6 Å². The number of amides is 2. The first kappa shape index (κ1) is 16.8. The molecule has 1 aliphatic rings. The molecule has 2 aromatic rings. The summed E-state index contributed by atoms with van der Waals surface area (Å²) >= 11 is 12.0. The van der Waals surface area contributed by atoms with Crippen molar-refractivity contribution in [2.75, 3.05) is 10.6 Å². The fraction of sp³-hybridized carbons (Fsp3) is 0.222. The zero-order valence-electron chi connectivity index (χ0n) is 13.0. The lowest BCUT2D eigenvalue weighted by molar-refractivity contribution is -0.122. The average Bonchev–Trinajstić information content (AvgIpc) is 3.35. The number of hydrogen-bond donors (Lipinski definition) is 2. The van der Waals surface area contributed by atoms with Crippen molar-refractivity contribution in [3.8, 4) is 0 Å². The fourth-order valence-corrected chi connectivity index (χ4v) is 2.82. The summed E-state index contributed by atoms with van der Waals surface area (Å²) in [5.74, 6) is -1.02. The van der Waals surface area contributed by atoms with E-state index in [0.29, 0.717) is 22.2 Å². The van der Waals surface area contributed by atoms with Crippen molar-refractivity contribution in [3.05, 3.63) is 58.1 Å². The second kappa shape index (κ2) is 6.83. The van der Waals surface area contributed by atoms with Crippen molar-refractivity contribution in [3.63, 3.8) is 0 Å². The summed E-state index contributed by atoms with van der Waals surface area (Å²) in [6, 6.07) is 12.6. The van der Waals surface area contributed by atoms with E-state index in [9.17, 15) is 9.59 Å². The highest BCUT2D eigenvalue weighted by Crippen LogP contribution is 2.41. The molecule has 2 amide bonds. The van der Waals surface area contributed by atoms with E-state index >= 15 is 0 Å². The molecule has 0 radical (unpaired) electrons. The van der Waals surface area contributed by atoms with Gasteiger partial charge in [-0.1, -0.05) is 47.0 Å². The van der Waals surface area contributed by atoms with Crippen LogP contribution in [0.5, 0.6) is 0 Å². The number of benzene rings is 2. The van der Waals surface area contributed by atoms with Gasteiger partial charge in [0, 0.05) is 5.69 Å². The van der Waals surface area contributed by atoms with Gasteiger partial charge in [-0.3, -0.25) is 9.59 Å². The molecule has 24 heavy (non-hydrogen) atoms. The predicted molar refractivity (Wildman–Crippen MR) is 96.5 cm³/mol. The first-order chi connectivity index (χ1) is 11.5. The number of hydrogen-bond acceptors (Lipinski definition) is 2. The number of aryl methyl sites for hydroxylation is 1. The highest BCUT2D eigenvalue weighted by atomic mass is 35.5. The molecule has 0 saturated heterocycles. The average molecular weight is 363 g/mol. The van der Waals surface area contributed by atoms with Crippen molar-refractivity contribution >= 4 is 46.4 Å². The molecule has 124 valence electrons. The van der Waals surface area contributed by atoms with E-state index < -0.39 is 0 Å². The molecule has 0 heterocycles. The van der Waals surface area contributed by atoms with E-state index in [0.717, 1.165) is 11.3 Å². The monoisotopic (exact) mass is 362 g/mol. The smallest absolute Gasteiger partial charge is 0.228 e. The highest BCUT2D eigenvalue weighted by Gasteiger charge is 2.48. The zero-order chi connectivity index (χ0) is 17.3. The SMILES string of the molecule is Cc1ccc(NC(=O)C2CC2C(=O)Nc2cccc(Cl)c2Cl)cc1. The molecule has 1 saturated carbocycles. The second-order valence-electron chi connectivity index (χ2n) is 5.89. The Morgan fingerprint density at radius 3 is 2.25 bits per heavy atom. The minimum atomic E-state index is -0.342. The van der Waals surface area contributed by atoms with Gasteiger partial charge >= 0.3 is 0 Å². The molecule has 1 aliphatic carbocycles. The van der Waals surface area contributed by atoms with Crippen LogP contribution in [0.2, 0.25) is 10.0 Å². The van der Waals surface area contributed by atoms with Crippen LogP contribution in [0.3, 0.4) is 0 Å². The predicted octanol–water partition coefficient (Wildman–Crippen LogP) is 4.52. The second-order valence-corrected chi connectivity index (χ2v) is 6.68. The zero-order valence-corrected chi connectivity index (χ0v) is 14.5. The van der Waals surface area contributed by atoms with Gasteiger partial charge in [-0.15, -0.1) is 0 Å². The van der Waals surface area contributed by atoms with Crippen LogP contribution in [0.15, 0.2) is 42.5 Å². The fourth-order valence-electron chi connectivity index (χ4n) is 2.47. The molecule has 0 spiro atoms. The van der Waals surface area contributed by atoms with Crippen LogP contribution in [-0.2, 0) is 9.59 Å². The molecule has 0 aromatic heterocycles. The molecule has 2 aromatic carbocycles. The first-order valence-electron chi connectivity index (χ1n) is 7.58. The van der Waals surface area contributed by atoms with Gasteiger partial charge in [-0.25, -0.2) is 0 Å². The van der Waals surface area contributed by atoms with Crippen molar-refractivity contribution in [1.82, 2.24) is 0 Å². The third-order valence-corrected chi connectivity index (χ3v) is 4.81. The maximum Gasteiger partial charge on any atom is 0.228 e. The largest absolute Gasteiger partial charge is 0.326 e. The minimum absolute atomic E-state index is 0.142. The minimum Gasteiger partial charge on any atom is -0.326 e. The quantitative estimate of drug-likeness (QED) is 0.839. The topological polar surface area (TPSA) is 58.2 Å². The third kappa shape index (κ3) is 3.71. The summed E-state index contributed by atoms with van der Waals surface area (Å²) in [7, 11) is 0. The van der Waals surface area contributed by atoms with Gasteiger partial charge in [0.15, 0.2) is 0 Å². The van der Waals surface area contributed by atoms with Crippen molar-refractivity contribution in [1.29, 1.82) is 0 Å². The molecule has 0 aliphatic heterocycles. The standard InChI is InChI=1S/C18H16Cl2N2O2/c1-10-5-7-11(8-6-10)21-17(23)12-9-13(12)18(24)22-15-4-2-3-14(19)16(15)20/h2-8,12-13H,9H2,1H3,(H,21,23)(H,22,24). The lowest BCUT2D eigenvalue weighted by Crippen LogP contribution is -2.20. The summed E-state index contributed by atoms with van der Waals surface area (Å²) in [6.07, 6.45) is 0.529. The molecular weight excluding hydrogens is 347 g/mol. The van der Waals surface area contributed by atoms with E-state index in [2.05, 4.69) is 10.6 Å². The van der Waals surface area contributed by atoms with E-state index in [-0.39, 0.29) is 23.7 Å². The number of rotatable bonds is 4. The maximum absolute atomic E-state index is 12.3. The summed E-state index contributed by atoms with van der Waals surface area (Å²) in [4.78, 5) is 24.5. The number of carbonyl (C=O) groups excluding carboxylic acids is 2. The van der Waals surface area contributed by atoms with Gasteiger partial charge in [-0.2, -0.15) is 0 Å². The van der Waals surface area contributed by atoms with Gasteiger partial charge in [0.05, 0.1) is 27.6 Å². The molecule has 4 nitrogen and oxygen atoms in total. The number of anilines is 2. The van der Waals surface area contributed by atoms with Gasteiger partial charge in [-0.05, 0) is 37.6 Å².